The topological polar surface area (TPSA) is 0 Å². The van der Waals surface area contributed by atoms with Crippen molar-refractivity contribution in [3.05, 3.63) is 11.6 Å². The van der Waals surface area contributed by atoms with E-state index in [4.69, 9.17) is 0 Å². The van der Waals surface area contributed by atoms with Crippen molar-refractivity contribution >= 4 is 11.8 Å². The van der Waals surface area contributed by atoms with Gasteiger partial charge in [0.25, 0.3) is 0 Å². The molecular formula is C30H56S. The first-order valence-corrected chi connectivity index (χ1v) is 14.9. The van der Waals surface area contributed by atoms with Gasteiger partial charge < -0.3 is 0 Å². The van der Waals surface area contributed by atoms with E-state index in [2.05, 4.69) is 66.3 Å². The van der Waals surface area contributed by atoms with Gasteiger partial charge in [0.2, 0.25) is 0 Å². The summed E-state index contributed by atoms with van der Waals surface area (Å²) in [6.45, 7) is 17.6. The highest BCUT2D eigenvalue weighted by atomic mass is 32.2. The van der Waals surface area contributed by atoms with Gasteiger partial charge in [-0.15, -0.1) is 0 Å². The summed E-state index contributed by atoms with van der Waals surface area (Å²) in [6, 6.07) is 0. The summed E-state index contributed by atoms with van der Waals surface area (Å²) in [4.78, 5) is 0. The van der Waals surface area contributed by atoms with Crippen molar-refractivity contribution in [2.24, 2.45) is 46.3 Å². The summed E-state index contributed by atoms with van der Waals surface area (Å²) in [5.74, 6) is 5.75. The molecular weight excluding hydrogens is 392 g/mol. The molecule has 4 unspecified atom stereocenters. The quantitative estimate of drug-likeness (QED) is 0.349. The zero-order valence-electron chi connectivity index (χ0n) is 21.9. The van der Waals surface area contributed by atoms with E-state index in [0.717, 1.165) is 46.0 Å². The van der Waals surface area contributed by atoms with Gasteiger partial charge in [-0.1, -0.05) is 79.4 Å². The van der Waals surface area contributed by atoms with Crippen molar-refractivity contribution in [1.29, 1.82) is 0 Å². The first kappa shape index (κ1) is 24.2. The number of rotatable bonds is 7. The molecule has 31 heavy (non-hydrogen) atoms. The second kappa shape index (κ2) is 9.38. The fourth-order valence-corrected chi connectivity index (χ4v) is 10.5. The Kier molecular flexibility index (Phi) is 7.33. The van der Waals surface area contributed by atoms with Gasteiger partial charge in [0.05, 0.1) is 0 Å². The number of hydrogen-bond donors (Lipinski definition) is 0. The van der Waals surface area contributed by atoms with Crippen molar-refractivity contribution in [3.63, 3.8) is 0 Å². The Morgan fingerprint density at radius 2 is 1.74 bits per heavy atom. The van der Waals surface area contributed by atoms with Crippen LogP contribution < -0.4 is 0 Å². The molecule has 0 aromatic heterocycles. The average molecular weight is 449 g/mol. The molecule has 0 aromatic carbocycles. The molecule has 0 bridgehead atoms. The number of hydrogen-bond acceptors (Lipinski definition) is 1. The lowest BCUT2D eigenvalue weighted by molar-refractivity contribution is -0.0497. The third kappa shape index (κ3) is 4.57. The number of thioether (sulfide) groups is 1. The van der Waals surface area contributed by atoms with E-state index in [1.807, 2.05) is 5.57 Å². The molecule has 0 radical (unpaired) electrons. The molecule has 8 atom stereocenters. The highest BCUT2D eigenvalue weighted by Gasteiger charge is 2.59. The second-order valence-electron chi connectivity index (χ2n) is 13.3. The molecule has 4 aliphatic carbocycles. The van der Waals surface area contributed by atoms with E-state index in [9.17, 15) is 0 Å². The van der Waals surface area contributed by atoms with E-state index in [-0.39, 0.29) is 2.85 Å². The normalized spacial score (nSPS) is 43.4. The Morgan fingerprint density at radius 3 is 2.45 bits per heavy atom. The molecule has 0 spiro atoms. The van der Waals surface area contributed by atoms with Crippen LogP contribution in [-0.2, 0) is 0 Å². The van der Waals surface area contributed by atoms with E-state index >= 15 is 0 Å². The molecule has 3 fully saturated rings. The molecule has 0 nitrogen and oxygen atoms in total. The van der Waals surface area contributed by atoms with E-state index in [1.165, 1.54) is 70.6 Å². The number of fused-ring (bicyclic) bond motifs is 5. The molecule has 0 aliphatic heterocycles. The van der Waals surface area contributed by atoms with Crippen LogP contribution >= 0.6 is 11.8 Å². The first-order valence-electron chi connectivity index (χ1n) is 14.0. The van der Waals surface area contributed by atoms with Gasteiger partial charge in [0.15, 0.2) is 0 Å². The zero-order chi connectivity index (χ0) is 22.4. The Hall–Kier alpha value is 0.0900. The Balaban J connectivity index is 0.00000193. The van der Waals surface area contributed by atoms with Crippen LogP contribution in [0.1, 0.15) is 122 Å². The SMILES string of the molecule is CC(C)CCC[C@@H](C)[C@H]1CCC2C3CC=C4C[C@@H](SC(C)C)CCC4(C)C3CC[C@@]21C.[HH].[HH]. The van der Waals surface area contributed by atoms with Gasteiger partial charge >= 0.3 is 0 Å². The lowest BCUT2D eigenvalue weighted by Crippen LogP contribution is -2.50. The van der Waals surface area contributed by atoms with Crippen molar-refractivity contribution < 1.29 is 2.85 Å². The minimum Gasteiger partial charge on any atom is -0.155 e. The van der Waals surface area contributed by atoms with Gasteiger partial charge in [-0.05, 0) is 103 Å². The predicted octanol–water partition coefficient (Wildman–Crippen LogP) is 10.0. The van der Waals surface area contributed by atoms with Crippen LogP contribution in [0.25, 0.3) is 0 Å². The zero-order valence-corrected chi connectivity index (χ0v) is 22.7. The minimum atomic E-state index is 0. The first-order chi connectivity index (χ1) is 14.6. The van der Waals surface area contributed by atoms with Crippen LogP contribution in [-0.4, -0.2) is 10.5 Å². The molecule has 0 saturated heterocycles. The summed E-state index contributed by atoms with van der Waals surface area (Å²) in [7, 11) is 0. The third-order valence-electron chi connectivity index (χ3n) is 10.7. The fourth-order valence-electron chi connectivity index (χ4n) is 9.15. The lowest BCUT2D eigenvalue weighted by Gasteiger charge is -2.58. The summed E-state index contributed by atoms with van der Waals surface area (Å²) < 4.78 is 0. The van der Waals surface area contributed by atoms with Gasteiger partial charge in [-0.25, -0.2) is 0 Å². The summed E-state index contributed by atoms with van der Waals surface area (Å²) >= 11 is 2.24. The van der Waals surface area contributed by atoms with Crippen molar-refractivity contribution in [1.82, 2.24) is 0 Å². The van der Waals surface area contributed by atoms with Gasteiger partial charge in [-0.2, -0.15) is 11.8 Å². The molecule has 1 heteroatoms. The number of allylic oxidation sites excluding steroid dienone is 2. The largest absolute Gasteiger partial charge is 0.155 e. The monoisotopic (exact) mass is 448 g/mol. The molecule has 4 aliphatic rings. The molecule has 0 aromatic rings. The third-order valence-corrected chi connectivity index (χ3v) is 12.1. The maximum absolute atomic E-state index is 2.78. The summed E-state index contributed by atoms with van der Waals surface area (Å²) in [6.07, 6.45) is 18.9. The summed E-state index contributed by atoms with van der Waals surface area (Å²) in [5, 5.41) is 1.66. The molecule has 0 amide bonds. The Bertz CT molecular complexity index is 658. The Morgan fingerprint density at radius 1 is 0.968 bits per heavy atom. The minimum absolute atomic E-state index is 0. The van der Waals surface area contributed by atoms with E-state index < -0.39 is 0 Å². The maximum atomic E-state index is 2.78. The van der Waals surface area contributed by atoms with Crippen LogP contribution in [0.3, 0.4) is 0 Å². The smallest absolute Gasteiger partial charge is 0.00873 e. The van der Waals surface area contributed by atoms with Crippen molar-refractivity contribution in [2.45, 2.75) is 130 Å². The van der Waals surface area contributed by atoms with E-state index in [0.29, 0.717) is 10.8 Å². The van der Waals surface area contributed by atoms with Crippen LogP contribution in [0.4, 0.5) is 0 Å². The van der Waals surface area contributed by atoms with Gasteiger partial charge in [0.1, 0.15) is 0 Å². The molecule has 182 valence electrons. The lowest BCUT2D eigenvalue weighted by atomic mass is 9.47. The van der Waals surface area contributed by atoms with E-state index in [1.54, 1.807) is 0 Å². The van der Waals surface area contributed by atoms with Gasteiger partial charge in [-0.3, -0.25) is 0 Å². The highest BCUT2D eigenvalue weighted by Crippen LogP contribution is 2.67. The summed E-state index contributed by atoms with van der Waals surface area (Å²) in [5.41, 5.74) is 3.03. The van der Waals surface area contributed by atoms with Crippen molar-refractivity contribution in [2.75, 3.05) is 0 Å². The van der Waals surface area contributed by atoms with Gasteiger partial charge in [0, 0.05) is 8.10 Å². The standard InChI is InChI=1S/C30H52S.2H2/c1-20(2)9-8-10-22(5)26-13-14-27-25-12-11-23-19-24(31-21(3)4)15-17-29(23,6)28(25)16-18-30(26,27)7;;/h11,20-22,24-28H,8-10,12-19H2,1-7H3;2*1H/t22-,24+,25?,26-,27?,28?,29?,30-;;/m1../s1. The van der Waals surface area contributed by atoms with Crippen LogP contribution in [0.2, 0.25) is 0 Å². The second-order valence-corrected chi connectivity index (χ2v) is 15.2. The molecule has 3 saturated carbocycles. The van der Waals surface area contributed by atoms with Crippen molar-refractivity contribution in [3.8, 4) is 0 Å². The van der Waals surface area contributed by atoms with Crippen LogP contribution in [0, 0.1) is 46.3 Å². The molecule has 0 heterocycles. The molecule has 0 N–H and O–H groups in total. The maximum Gasteiger partial charge on any atom is 0.00873 e. The van der Waals surface area contributed by atoms with Crippen LogP contribution in [0.5, 0.6) is 0 Å². The highest BCUT2D eigenvalue weighted by molar-refractivity contribution is 8.00. The predicted molar refractivity (Wildman–Crippen MR) is 144 cm³/mol. The van der Waals surface area contributed by atoms with Crippen LogP contribution in [0.15, 0.2) is 11.6 Å². The molecule has 4 rings (SSSR count). The fraction of sp³-hybridized carbons (Fsp3) is 0.933. The average Bonchev–Trinajstić information content (AvgIpc) is 3.05. The Labute approximate surface area is 202 Å².